The van der Waals surface area contributed by atoms with E-state index in [1.54, 1.807) is 18.3 Å². The molecular formula is C21H25F2N3O2S. The van der Waals surface area contributed by atoms with E-state index in [1.165, 1.54) is 17.8 Å². The van der Waals surface area contributed by atoms with E-state index in [9.17, 15) is 4.39 Å². The molecular weight excluding hydrogens is 396 g/mol. The highest BCUT2D eigenvalue weighted by Gasteiger charge is 2.39. The molecule has 0 spiro atoms. The first-order chi connectivity index (χ1) is 14.1. The average molecular weight is 422 g/mol. The van der Waals surface area contributed by atoms with Gasteiger partial charge in [0.05, 0.1) is 18.9 Å². The summed E-state index contributed by atoms with van der Waals surface area (Å²) in [7, 11) is 0. The molecule has 0 aliphatic carbocycles. The SMILES string of the molecule is CCc1cnc(Nc2ccc(SC)cc2F)c(F)c1OC1C2CNCC1COC2. The van der Waals surface area contributed by atoms with Crippen molar-refractivity contribution in [3.8, 4) is 5.75 Å². The van der Waals surface area contributed by atoms with Gasteiger partial charge in [-0.15, -0.1) is 11.8 Å². The summed E-state index contributed by atoms with van der Waals surface area (Å²) < 4.78 is 41.6. The van der Waals surface area contributed by atoms with Crippen LogP contribution in [0.15, 0.2) is 29.3 Å². The number of aryl methyl sites for hydroxylation is 1. The molecule has 1 aromatic carbocycles. The molecule has 0 saturated carbocycles. The Morgan fingerprint density at radius 1 is 1.28 bits per heavy atom. The smallest absolute Gasteiger partial charge is 0.207 e. The van der Waals surface area contributed by atoms with Gasteiger partial charge in [-0.3, -0.25) is 0 Å². The van der Waals surface area contributed by atoms with Crippen LogP contribution in [0.2, 0.25) is 0 Å². The lowest BCUT2D eigenvalue weighted by atomic mass is 9.85. The predicted octanol–water partition coefficient (Wildman–Crippen LogP) is 4.00. The summed E-state index contributed by atoms with van der Waals surface area (Å²) in [5.41, 5.74) is 0.875. The lowest BCUT2D eigenvalue weighted by Crippen LogP contribution is -2.56. The van der Waals surface area contributed by atoms with Gasteiger partial charge in [0.15, 0.2) is 11.6 Å². The van der Waals surface area contributed by atoms with Gasteiger partial charge < -0.3 is 20.1 Å². The third-order valence-electron chi connectivity index (χ3n) is 5.52. The van der Waals surface area contributed by atoms with Gasteiger partial charge in [-0.2, -0.15) is 4.39 Å². The highest BCUT2D eigenvalue weighted by atomic mass is 32.2. The molecule has 2 N–H and O–H groups in total. The quantitative estimate of drug-likeness (QED) is 0.688. The van der Waals surface area contributed by atoms with E-state index in [2.05, 4.69) is 15.6 Å². The van der Waals surface area contributed by atoms with Crippen molar-refractivity contribution >= 4 is 23.3 Å². The number of piperidine rings is 1. The number of ether oxygens (including phenoxy) is 2. The standard InChI is InChI=1S/C21H25F2N3O2S/c1-3-12-9-25-21(26-17-5-4-15(29-2)6-16(17)22)18(23)20(12)28-19-13-7-24-8-14(19)11-27-10-13/h4-6,9,13-14,19,24H,3,7-8,10-11H2,1-2H3,(H,25,26). The number of fused-ring (bicyclic) bond motifs is 2. The number of thioether (sulfide) groups is 1. The van der Waals surface area contributed by atoms with Crippen molar-refractivity contribution in [3.05, 3.63) is 41.6 Å². The van der Waals surface area contributed by atoms with Crippen LogP contribution in [0.1, 0.15) is 12.5 Å². The molecule has 3 heterocycles. The van der Waals surface area contributed by atoms with Crippen molar-refractivity contribution in [2.75, 3.05) is 37.9 Å². The molecule has 2 aromatic rings. The van der Waals surface area contributed by atoms with Crippen molar-refractivity contribution < 1.29 is 18.3 Å². The minimum atomic E-state index is -0.588. The molecule has 2 bridgehead atoms. The van der Waals surface area contributed by atoms with Gasteiger partial charge in [-0.1, -0.05) is 6.92 Å². The molecule has 8 heteroatoms. The average Bonchev–Trinajstić information content (AvgIpc) is 2.72. The number of anilines is 2. The molecule has 2 unspecified atom stereocenters. The molecule has 29 heavy (non-hydrogen) atoms. The zero-order valence-corrected chi connectivity index (χ0v) is 17.3. The lowest BCUT2D eigenvalue weighted by Gasteiger charge is -2.42. The zero-order chi connectivity index (χ0) is 20.4. The molecule has 1 aromatic heterocycles. The van der Waals surface area contributed by atoms with Crippen molar-refractivity contribution in [2.45, 2.75) is 24.3 Å². The second kappa shape index (κ2) is 8.85. The van der Waals surface area contributed by atoms with Crippen molar-refractivity contribution in [2.24, 2.45) is 11.8 Å². The van der Waals surface area contributed by atoms with Crippen molar-refractivity contribution in [1.82, 2.24) is 10.3 Å². The molecule has 4 rings (SSSR count). The Labute approximate surface area is 173 Å². The van der Waals surface area contributed by atoms with Crippen LogP contribution >= 0.6 is 11.8 Å². The summed E-state index contributed by atoms with van der Waals surface area (Å²) in [6, 6.07) is 4.78. The minimum Gasteiger partial charge on any atom is -0.486 e. The second-order valence-electron chi connectivity index (χ2n) is 7.40. The van der Waals surface area contributed by atoms with E-state index in [0.717, 1.165) is 18.0 Å². The number of benzene rings is 1. The number of rotatable bonds is 6. The summed E-state index contributed by atoms with van der Waals surface area (Å²) in [6.07, 6.45) is 3.95. The van der Waals surface area contributed by atoms with E-state index in [0.29, 0.717) is 25.2 Å². The zero-order valence-electron chi connectivity index (χ0n) is 16.5. The van der Waals surface area contributed by atoms with Crippen LogP contribution in [0.25, 0.3) is 0 Å². The van der Waals surface area contributed by atoms with E-state index < -0.39 is 11.6 Å². The molecule has 0 amide bonds. The highest BCUT2D eigenvalue weighted by molar-refractivity contribution is 7.98. The van der Waals surface area contributed by atoms with E-state index in [-0.39, 0.29) is 35.2 Å². The molecule has 2 fully saturated rings. The third kappa shape index (κ3) is 4.20. The largest absolute Gasteiger partial charge is 0.486 e. The maximum absolute atomic E-state index is 15.4. The van der Waals surface area contributed by atoms with Crippen molar-refractivity contribution in [1.29, 1.82) is 0 Å². The van der Waals surface area contributed by atoms with E-state index >= 15 is 4.39 Å². The topological polar surface area (TPSA) is 55.4 Å². The molecule has 2 saturated heterocycles. The first kappa shape index (κ1) is 20.4. The maximum atomic E-state index is 15.4. The number of nitrogens with one attached hydrogen (secondary N) is 2. The summed E-state index contributed by atoms with van der Waals surface area (Å²) in [5, 5.41) is 6.17. The van der Waals surface area contributed by atoms with Gasteiger partial charge in [0.1, 0.15) is 11.9 Å². The molecule has 0 radical (unpaired) electrons. The normalized spacial score (nSPS) is 23.7. The van der Waals surface area contributed by atoms with Crippen LogP contribution in [0.3, 0.4) is 0 Å². The van der Waals surface area contributed by atoms with Crippen LogP contribution in [0.5, 0.6) is 5.75 Å². The Hall–Kier alpha value is -1.90. The Bertz CT molecular complexity index is 861. The summed E-state index contributed by atoms with van der Waals surface area (Å²) >= 11 is 1.44. The Morgan fingerprint density at radius 3 is 2.69 bits per heavy atom. The van der Waals surface area contributed by atoms with Crippen LogP contribution < -0.4 is 15.4 Å². The minimum absolute atomic E-state index is 0.0386. The fraction of sp³-hybridized carbons (Fsp3) is 0.476. The number of aromatic nitrogens is 1. The molecule has 5 nitrogen and oxygen atoms in total. The van der Waals surface area contributed by atoms with Gasteiger partial charge in [0.25, 0.3) is 0 Å². The van der Waals surface area contributed by atoms with Crippen molar-refractivity contribution in [3.63, 3.8) is 0 Å². The van der Waals surface area contributed by atoms with Gasteiger partial charge in [0, 0.05) is 41.6 Å². The monoisotopic (exact) mass is 421 g/mol. The molecule has 2 atom stereocenters. The first-order valence-corrected chi connectivity index (χ1v) is 11.1. The summed E-state index contributed by atoms with van der Waals surface area (Å²) in [5.74, 6) is -0.529. The first-order valence-electron chi connectivity index (χ1n) is 9.83. The van der Waals surface area contributed by atoms with E-state index in [1.807, 2.05) is 13.2 Å². The van der Waals surface area contributed by atoms with Crippen LogP contribution in [-0.2, 0) is 11.2 Å². The Kier molecular flexibility index (Phi) is 6.22. The number of nitrogens with zero attached hydrogens (tertiary/aromatic N) is 1. The van der Waals surface area contributed by atoms with Gasteiger partial charge in [0.2, 0.25) is 5.82 Å². The third-order valence-corrected chi connectivity index (χ3v) is 6.24. The molecule has 156 valence electrons. The fourth-order valence-corrected chi connectivity index (χ4v) is 4.33. The number of hydrogen-bond donors (Lipinski definition) is 2. The second-order valence-corrected chi connectivity index (χ2v) is 8.28. The Morgan fingerprint density at radius 2 is 2.03 bits per heavy atom. The van der Waals surface area contributed by atoms with Crippen LogP contribution in [0.4, 0.5) is 20.3 Å². The number of halogens is 2. The summed E-state index contributed by atoms with van der Waals surface area (Å²) in [6.45, 7) is 4.70. The Balaban J connectivity index is 1.62. The van der Waals surface area contributed by atoms with Crippen LogP contribution in [-0.4, -0.2) is 43.6 Å². The maximum Gasteiger partial charge on any atom is 0.207 e. The number of pyridine rings is 1. The van der Waals surface area contributed by atoms with Crippen LogP contribution in [0, 0.1) is 23.5 Å². The van der Waals surface area contributed by atoms with Gasteiger partial charge >= 0.3 is 0 Å². The molecule has 2 aliphatic heterocycles. The van der Waals surface area contributed by atoms with Gasteiger partial charge in [-0.25, -0.2) is 9.37 Å². The van der Waals surface area contributed by atoms with E-state index in [4.69, 9.17) is 9.47 Å². The highest BCUT2D eigenvalue weighted by Crippen LogP contribution is 2.35. The predicted molar refractivity (Wildman–Crippen MR) is 110 cm³/mol. The lowest BCUT2D eigenvalue weighted by molar-refractivity contribution is -0.0833. The summed E-state index contributed by atoms with van der Waals surface area (Å²) in [4.78, 5) is 4.98. The fourth-order valence-electron chi connectivity index (χ4n) is 3.90. The number of hydrogen-bond acceptors (Lipinski definition) is 6. The molecule has 2 aliphatic rings. The van der Waals surface area contributed by atoms with Gasteiger partial charge in [-0.05, 0) is 30.9 Å².